The first-order valence-electron chi connectivity index (χ1n) is 6.29. The normalized spacial score (nSPS) is 11.0. The lowest BCUT2D eigenvalue weighted by atomic mass is 10.3. The molecule has 0 bridgehead atoms. The Labute approximate surface area is 127 Å². The summed E-state index contributed by atoms with van der Waals surface area (Å²) >= 11 is 3.14. The van der Waals surface area contributed by atoms with Crippen LogP contribution in [0.15, 0.2) is 39.4 Å². The Kier molecular flexibility index (Phi) is 3.74. The van der Waals surface area contributed by atoms with Gasteiger partial charge in [-0.3, -0.25) is 4.79 Å². The van der Waals surface area contributed by atoms with Crippen LogP contribution in [0.25, 0.3) is 11.0 Å². The Morgan fingerprint density at radius 1 is 1.38 bits per heavy atom. The number of nitrogens with one attached hydrogen (secondary N) is 2. The highest BCUT2D eigenvalue weighted by Crippen LogP contribution is 2.14. The molecule has 0 saturated carbocycles. The second-order valence-electron chi connectivity index (χ2n) is 4.45. The Morgan fingerprint density at radius 3 is 3.00 bits per heavy atom. The number of halogens is 2. The van der Waals surface area contributed by atoms with Crippen molar-refractivity contribution >= 4 is 32.9 Å². The summed E-state index contributed by atoms with van der Waals surface area (Å²) in [7, 11) is 0. The van der Waals surface area contributed by atoms with Gasteiger partial charge in [-0.1, -0.05) is 0 Å². The van der Waals surface area contributed by atoms with Gasteiger partial charge in [0.25, 0.3) is 5.91 Å². The number of imidazole rings is 1. The molecule has 0 saturated heterocycles. The maximum absolute atomic E-state index is 13.1. The van der Waals surface area contributed by atoms with Crippen LogP contribution in [0.4, 0.5) is 4.39 Å². The lowest BCUT2D eigenvalue weighted by Crippen LogP contribution is -2.25. The van der Waals surface area contributed by atoms with E-state index < -0.39 is 0 Å². The summed E-state index contributed by atoms with van der Waals surface area (Å²) in [5.74, 6) is 0.335. The third kappa shape index (κ3) is 3.13. The molecule has 0 radical (unpaired) electrons. The molecule has 108 valence electrons. The largest absolute Gasteiger partial charge is 0.444 e. The predicted molar refractivity (Wildman–Crippen MR) is 78.5 cm³/mol. The lowest BCUT2D eigenvalue weighted by Gasteiger charge is -2.00. The second kappa shape index (κ2) is 5.69. The molecule has 0 unspecified atom stereocenters. The first kappa shape index (κ1) is 13.8. The molecular weight excluding hydrogens is 341 g/mol. The highest BCUT2D eigenvalue weighted by molar-refractivity contribution is 9.10. The molecule has 1 aromatic carbocycles. The third-order valence-corrected chi connectivity index (χ3v) is 3.36. The molecule has 2 N–H and O–H groups in total. The van der Waals surface area contributed by atoms with Gasteiger partial charge < -0.3 is 14.7 Å². The summed E-state index contributed by atoms with van der Waals surface area (Å²) < 4.78 is 18.7. The van der Waals surface area contributed by atoms with Gasteiger partial charge in [-0.05, 0) is 46.3 Å². The summed E-state index contributed by atoms with van der Waals surface area (Å²) in [6.45, 7) is 0.402. The fourth-order valence-corrected chi connectivity index (χ4v) is 2.28. The number of hydrogen-bond donors (Lipinski definition) is 2. The van der Waals surface area contributed by atoms with Gasteiger partial charge in [0.05, 0.1) is 11.0 Å². The Morgan fingerprint density at radius 2 is 2.24 bits per heavy atom. The number of benzene rings is 1. The van der Waals surface area contributed by atoms with Gasteiger partial charge in [0.15, 0.2) is 10.4 Å². The van der Waals surface area contributed by atoms with Crippen LogP contribution < -0.4 is 5.32 Å². The van der Waals surface area contributed by atoms with Crippen molar-refractivity contribution in [3.05, 3.63) is 52.4 Å². The Hall–Kier alpha value is -2.15. The molecule has 7 heteroatoms. The average Bonchev–Trinajstić information content (AvgIpc) is 3.04. The summed E-state index contributed by atoms with van der Waals surface area (Å²) in [6, 6.07) is 7.62. The van der Waals surface area contributed by atoms with Gasteiger partial charge in [0, 0.05) is 13.0 Å². The molecule has 0 fully saturated rings. The Balaban J connectivity index is 1.60. The third-order valence-electron chi connectivity index (χ3n) is 2.94. The standard InChI is InChI=1S/C14H11BrFN3O2/c15-12-4-3-11(21-12)14(20)17-6-5-13-18-9-2-1-8(16)7-10(9)19-13/h1-4,7H,5-6H2,(H,17,20)(H,18,19). The zero-order chi connectivity index (χ0) is 14.8. The van der Waals surface area contributed by atoms with E-state index in [1.165, 1.54) is 12.1 Å². The van der Waals surface area contributed by atoms with Crippen molar-refractivity contribution in [1.82, 2.24) is 15.3 Å². The van der Waals surface area contributed by atoms with Crippen molar-refractivity contribution in [3.8, 4) is 0 Å². The van der Waals surface area contributed by atoms with Crippen LogP contribution in [-0.4, -0.2) is 22.4 Å². The number of amides is 1. The number of furan rings is 1. The van der Waals surface area contributed by atoms with Gasteiger partial charge >= 0.3 is 0 Å². The molecule has 0 aliphatic carbocycles. The minimum atomic E-state index is -0.311. The number of carbonyl (C=O) groups is 1. The molecule has 5 nitrogen and oxygen atoms in total. The molecule has 3 aromatic rings. The fourth-order valence-electron chi connectivity index (χ4n) is 1.97. The van der Waals surface area contributed by atoms with E-state index in [-0.39, 0.29) is 17.5 Å². The predicted octanol–water partition coefficient (Wildman–Crippen LogP) is 3.03. The van der Waals surface area contributed by atoms with E-state index in [0.29, 0.717) is 34.5 Å². The highest BCUT2D eigenvalue weighted by Gasteiger charge is 2.10. The highest BCUT2D eigenvalue weighted by atomic mass is 79.9. The van der Waals surface area contributed by atoms with Gasteiger partial charge in [-0.15, -0.1) is 0 Å². The van der Waals surface area contributed by atoms with Crippen molar-refractivity contribution in [2.75, 3.05) is 6.54 Å². The van der Waals surface area contributed by atoms with Crippen LogP contribution in [-0.2, 0) is 6.42 Å². The van der Waals surface area contributed by atoms with Crippen molar-refractivity contribution in [3.63, 3.8) is 0 Å². The molecular formula is C14H11BrFN3O2. The number of hydrogen-bond acceptors (Lipinski definition) is 3. The number of carbonyl (C=O) groups excluding carboxylic acids is 1. The average molecular weight is 352 g/mol. The number of fused-ring (bicyclic) bond motifs is 1. The van der Waals surface area contributed by atoms with Gasteiger partial charge in [-0.25, -0.2) is 9.37 Å². The van der Waals surface area contributed by atoms with E-state index in [9.17, 15) is 9.18 Å². The second-order valence-corrected chi connectivity index (χ2v) is 5.24. The van der Waals surface area contributed by atoms with Crippen LogP contribution >= 0.6 is 15.9 Å². The molecule has 2 heterocycles. The van der Waals surface area contributed by atoms with Crippen LogP contribution in [0.2, 0.25) is 0 Å². The van der Waals surface area contributed by atoms with Crippen molar-refractivity contribution in [2.45, 2.75) is 6.42 Å². The Bertz CT molecular complexity index is 796. The smallest absolute Gasteiger partial charge is 0.287 e. The number of aromatic nitrogens is 2. The molecule has 0 aliphatic rings. The minimum Gasteiger partial charge on any atom is -0.444 e. The van der Waals surface area contributed by atoms with Crippen molar-refractivity contribution < 1.29 is 13.6 Å². The molecule has 0 atom stereocenters. The van der Waals surface area contributed by atoms with Crippen LogP contribution in [0, 0.1) is 5.82 Å². The molecule has 0 spiro atoms. The molecule has 0 aliphatic heterocycles. The van der Waals surface area contributed by atoms with Gasteiger partial charge in [0.1, 0.15) is 11.6 Å². The summed E-state index contributed by atoms with van der Waals surface area (Å²) in [4.78, 5) is 19.1. The minimum absolute atomic E-state index is 0.244. The molecule has 21 heavy (non-hydrogen) atoms. The maximum atomic E-state index is 13.1. The number of rotatable bonds is 4. The van der Waals surface area contributed by atoms with E-state index in [2.05, 4.69) is 31.2 Å². The van der Waals surface area contributed by atoms with E-state index in [0.717, 1.165) is 0 Å². The van der Waals surface area contributed by atoms with Crippen LogP contribution in [0.3, 0.4) is 0 Å². The first-order valence-corrected chi connectivity index (χ1v) is 7.09. The summed E-state index contributed by atoms with van der Waals surface area (Å²) in [5.41, 5.74) is 1.35. The fraction of sp³-hybridized carbons (Fsp3) is 0.143. The van der Waals surface area contributed by atoms with Gasteiger partial charge in [0.2, 0.25) is 0 Å². The van der Waals surface area contributed by atoms with E-state index in [1.807, 2.05) is 0 Å². The monoisotopic (exact) mass is 351 g/mol. The van der Waals surface area contributed by atoms with Gasteiger partial charge in [-0.2, -0.15) is 0 Å². The maximum Gasteiger partial charge on any atom is 0.287 e. The number of aromatic amines is 1. The SMILES string of the molecule is O=C(NCCc1nc2ccc(F)cc2[nH]1)c1ccc(Br)o1. The zero-order valence-electron chi connectivity index (χ0n) is 10.8. The number of H-pyrrole nitrogens is 1. The van der Waals surface area contributed by atoms with E-state index in [4.69, 9.17) is 4.42 Å². The van der Waals surface area contributed by atoms with Crippen molar-refractivity contribution in [1.29, 1.82) is 0 Å². The van der Waals surface area contributed by atoms with E-state index >= 15 is 0 Å². The summed E-state index contributed by atoms with van der Waals surface area (Å²) in [5, 5.41) is 2.73. The zero-order valence-corrected chi connectivity index (χ0v) is 12.4. The molecule has 2 aromatic heterocycles. The van der Waals surface area contributed by atoms with Crippen LogP contribution in [0.1, 0.15) is 16.4 Å². The number of nitrogens with zero attached hydrogens (tertiary/aromatic N) is 1. The molecule has 3 rings (SSSR count). The topological polar surface area (TPSA) is 70.9 Å². The lowest BCUT2D eigenvalue weighted by molar-refractivity contribution is 0.0925. The van der Waals surface area contributed by atoms with Crippen molar-refractivity contribution in [2.24, 2.45) is 0 Å². The molecule has 1 amide bonds. The quantitative estimate of drug-likeness (QED) is 0.758. The van der Waals surface area contributed by atoms with E-state index in [1.54, 1.807) is 18.2 Å². The van der Waals surface area contributed by atoms with Crippen LogP contribution in [0.5, 0.6) is 0 Å². The first-order chi connectivity index (χ1) is 10.1. The summed E-state index contributed by atoms with van der Waals surface area (Å²) in [6.07, 6.45) is 0.518.